The highest BCUT2D eigenvalue weighted by molar-refractivity contribution is 6.30. The molecule has 0 aliphatic carbocycles. The van der Waals surface area contributed by atoms with Gasteiger partial charge in [-0.1, -0.05) is 35.9 Å². The van der Waals surface area contributed by atoms with Crippen molar-refractivity contribution in [1.29, 1.82) is 0 Å². The van der Waals surface area contributed by atoms with E-state index in [2.05, 4.69) is 5.32 Å². The minimum atomic E-state index is -0.155. The molecule has 0 fully saturated rings. The van der Waals surface area contributed by atoms with Crippen molar-refractivity contribution in [2.75, 3.05) is 6.54 Å². The molecule has 0 heterocycles. The van der Waals surface area contributed by atoms with Crippen LogP contribution >= 0.6 is 11.6 Å². The maximum absolute atomic E-state index is 12.3. The molecule has 2 rings (SSSR count). The van der Waals surface area contributed by atoms with E-state index >= 15 is 0 Å². The summed E-state index contributed by atoms with van der Waals surface area (Å²) >= 11 is 5.86. The van der Waals surface area contributed by atoms with Crippen LogP contribution < -0.4 is 15.8 Å². The first-order chi connectivity index (χ1) is 11.1. The second-order valence-corrected chi connectivity index (χ2v) is 5.87. The van der Waals surface area contributed by atoms with Crippen LogP contribution in [-0.4, -0.2) is 18.5 Å². The molecule has 1 atom stereocenters. The maximum atomic E-state index is 12.3. The lowest BCUT2D eigenvalue weighted by atomic mass is 10.1. The van der Waals surface area contributed by atoms with Gasteiger partial charge in [0, 0.05) is 17.6 Å². The molecule has 0 saturated heterocycles. The van der Waals surface area contributed by atoms with Crippen LogP contribution in [0.1, 0.15) is 29.3 Å². The number of carbonyl (C=O) groups excluding carboxylic acids is 1. The summed E-state index contributed by atoms with van der Waals surface area (Å²) in [7, 11) is 0. The number of amides is 1. The molecular weight excluding hydrogens is 312 g/mol. The molecule has 0 aromatic heterocycles. The summed E-state index contributed by atoms with van der Waals surface area (Å²) in [6, 6.07) is 14.7. The minimum Gasteiger partial charge on any atom is -0.488 e. The Morgan fingerprint density at radius 3 is 2.61 bits per heavy atom. The lowest BCUT2D eigenvalue weighted by Gasteiger charge is -2.12. The number of para-hydroxylation sites is 1. The molecule has 2 aromatic carbocycles. The lowest BCUT2D eigenvalue weighted by molar-refractivity contribution is 0.0948. The van der Waals surface area contributed by atoms with E-state index in [-0.39, 0.29) is 11.9 Å². The van der Waals surface area contributed by atoms with Gasteiger partial charge in [-0.15, -0.1) is 0 Å². The van der Waals surface area contributed by atoms with E-state index in [1.54, 1.807) is 12.1 Å². The summed E-state index contributed by atoms with van der Waals surface area (Å²) in [5.74, 6) is 0.401. The van der Waals surface area contributed by atoms with Crippen LogP contribution in [0.15, 0.2) is 48.5 Å². The number of nitrogens with two attached hydrogens (primary N) is 1. The van der Waals surface area contributed by atoms with E-state index in [1.165, 1.54) is 0 Å². The zero-order chi connectivity index (χ0) is 16.7. The Balaban J connectivity index is 1.99. The van der Waals surface area contributed by atoms with Gasteiger partial charge < -0.3 is 15.8 Å². The van der Waals surface area contributed by atoms with E-state index in [0.717, 1.165) is 12.0 Å². The quantitative estimate of drug-likeness (QED) is 0.817. The molecule has 122 valence electrons. The second kappa shape index (κ2) is 8.56. The molecule has 0 bridgehead atoms. The smallest absolute Gasteiger partial charge is 0.255 e. The SMILES string of the molecule is CC(N)CCNC(=O)c1ccccc1OCc1ccc(Cl)cc1. The fourth-order valence-corrected chi connectivity index (χ4v) is 2.16. The highest BCUT2D eigenvalue weighted by atomic mass is 35.5. The van der Waals surface area contributed by atoms with Gasteiger partial charge in [-0.3, -0.25) is 4.79 Å². The summed E-state index contributed by atoms with van der Waals surface area (Å²) in [6.07, 6.45) is 0.736. The van der Waals surface area contributed by atoms with Crippen molar-refractivity contribution in [3.8, 4) is 5.75 Å². The molecule has 3 N–H and O–H groups in total. The summed E-state index contributed by atoms with van der Waals surface area (Å²) in [6.45, 7) is 2.83. The molecule has 0 aliphatic heterocycles. The summed E-state index contributed by atoms with van der Waals surface area (Å²) in [5.41, 5.74) is 7.19. The molecule has 0 saturated carbocycles. The Morgan fingerprint density at radius 2 is 1.91 bits per heavy atom. The molecule has 23 heavy (non-hydrogen) atoms. The lowest BCUT2D eigenvalue weighted by Crippen LogP contribution is -2.29. The maximum Gasteiger partial charge on any atom is 0.255 e. The van der Waals surface area contributed by atoms with Crippen LogP contribution in [0.4, 0.5) is 0 Å². The number of carbonyl (C=O) groups is 1. The third kappa shape index (κ3) is 5.58. The highest BCUT2D eigenvalue weighted by Crippen LogP contribution is 2.20. The summed E-state index contributed by atoms with van der Waals surface area (Å²) in [5, 5.41) is 3.54. The minimum absolute atomic E-state index is 0.0618. The van der Waals surface area contributed by atoms with Crippen molar-refractivity contribution >= 4 is 17.5 Å². The first kappa shape index (κ1) is 17.3. The number of hydrogen-bond donors (Lipinski definition) is 2. The number of hydrogen-bond acceptors (Lipinski definition) is 3. The second-order valence-electron chi connectivity index (χ2n) is 5.43. The van der Waals surface area contributed by atoms with Crippen LogP contribution in [0.25, 0.3) is 0 Å². The van der Waals surface area contributed by atoms with Gasteiger partial charge in [0.05, 0.1) is 5.56 Å². The molecule has 1 unspecified atom stereocenters. The monoisotopic (exact) mass is 332 g/mol. The topological polar surface area (TPSA) is 64.3 Å². The van der Waals surface area contributed by atoms with Gasteiger partial charge in [0.25, 0.3) is 5.91 Å². The Morgan fingerprint density at radius 1 is 1.22 bits per heavy atom. The van der Waals surface area contributed by atoms with Crippen LogP contribution in [-0.2, 0) is 6.61 Å². The van der Waals surface area contributed by atoms with Gasteiger partial charge in [-0.05, 0) is 43.2 Å². The van der Waals surface area contributed by atoms with E-state index in [9.17, 15) is 4.79 Å². The van der Waals surface area contributed by atoms with Crippen molar-refractivity contribution in [2.24, 2.45) is 5.73 Å². The van der Waals surface area contributed by atoms with E-state index in [1.807, 2.05) is 43.3 Å². The molecule has 4 nitrogen and oxygen atoms in total. The van der Waals surface area contributed by atoms with Crippen molar-refractivity contribution in [3.05, 3.63) is 64.7 Å². The number of rotatable bonds is 7. The Labute approximate surface area is 141 Å². The Hall–Kier alpha value is -2.04. The van der Waals surface area contributed by atoms with E-state index in [4.69, 9.17) is 22.1 Å². The van der Waals surface area contributed by atoms with Crippen LogP contribution in [0.2, 0.25) is 5.02 Å². The molecule has 1 amide bonds. The summed E-state index contributed by atoms with van der Waals surface area (Å²) in [4.78, 5) is 12.3. The number of ether oxygens (including phenoxy) is 1. The van der Waals surface area contributed by atoms with Crippen molar-refractivity contribution < 1.29 is 9.53 Å². The van der Waals surface area contributed by atoms with Gasteiger partial charge >= 0.3 is 0 Å². The predicted molar refractivity (Wildman–Crippen MR) is 92.8 cm³/mol. The van der Waals surface area contributed by atoms with Gasteiger partial charge in [-0.2, -0.15) is 0 Å². The predicted octanol–water partition coefficient (Wildman–Crippen LogP) is 3.39. The Kier molecular flexibility index (Phi) is 6.44. The van der Waals surface area contributed by atoms with Crippen LogP contribution in [0.5, 0.6) is 5.75 Å². The molecule has 5 heteroatoms. The fourth-order valence-electron chi connectivity index (χ4n) is 2.03. The molecule has 2 aromatic rings. The molecule has 0 spiro atoms. The molecule has 0 aliphatic rings. The average Bonchev–Trinajstić information content (AvgIpc) is 2.54. The standard InChI is InChI=1S/C18H21ClN2O2/c1-13(20)10-11-21-18(22)16-4-2-3-5-17(16)23-12-14-6-8-15(19)9-7-14/h2-9,13H,10-12,20H2,1H3,(H,21,22). The van der Waals surface area contributed by atoms with Crippen LogP contribution in [0, 0.1) is 0 Å². The first-order valence-electron chi connectivity index (χ1n) is 7.56. The highest BCUT2D eigenvalue weighted by Gasteiger charge is 2.12. The van der Waals surface area contributed by atoms with Gasteiger partial charge in [0.1, 0.15) is 12.4 Å². The van der Waals surface area contributed by atoms with E-state index in [0.29, 0.717) is 29.5 Å². The number of benzene rings is 2. The molecular formula is C18H21ClN2O2. The van der Waals surface area contributed by atoms with Gasteiger partial charge in [0.2, 0.25) is 0 Å². The number of halogens is 1. The van der Waals surface area contributed by atoms with Crippen molar-refractivity contribution in [3.63, 3.8) is 0 Å². The first-order valence-corrected chi connectivity index (χ1v) is 7.94. The van der Waals surface area contributed by atoms with Crippen molar-refractivity contribution in [1.82, 2.24) is 5.32 Å². The number of nitrogens with one attached hydrogen (secondary N) is 1. The van der Waals surface area contributed by atoms with Gasteiger partial charge in [0.15, 0.2) is 0 Å². The zero-order valence-electron chi connectivity index (χ0n) is 13.1. The normalized spacial score (nSPS) is 11.8. The summed E-state index contributed by atoms with van der Waals surface area (Å²) < 4.78 is 5.78. The zero-order valence-corrected chi connectivity index (χ0v) is 13.8. The third-order valence-corrected chi connectivity index (χ3v) is 3.58. The van der Waals surface area contributed by atoms with Crippen LogP contribution in [0.3, 0.4) is 0 Å². The third-order valence-electron chi connectivity index (χ3n) is 3.32. The van der Waals surface area contributed by atoms with Crippen molar-refractivity contribution in [2.45, 2.75) is 26.0 Å². The molecule has 0 radical (unpaired) electrons. The Bertz CT molecular complexity index is 642. The fraction of sp³-hybridized carbons (Fsp3) is 0.278. The van der Waals surface area contributed by atoms with Gasteiger partial charge in [-0.25, -0.2) is 0 Å². The average molecular weight is 333 g/mol. The van der Waals surface area contributed by atoms with E-state index < -0.39 is 0 Å². The largest absolute Gasteiger partial charge is 0.488 e.